The summed E-state index contributed by atoms with van der Waals surface area (Å²) in [6, 6.07) is 9.89. The Labute approximate surface area is 142 Å². The van der Waals surface area contributed by atoms with Gasteiger partial charge in [-0.3, -0.25) is 9.69 Å². The third-order valence-corrected chi connectivity index (χ3v) is 4.73. The Kier molecular flexibility index (Phi) is 4.06. The van der Waals surface area contributed by atoms with E-state index < -0.39 is 5.97 Å². The Morgan fingerprint density at radius 2 is 1.96 bits per heavy atom. The van der Waals surface area contributed by atoms with Crippen molar-refractivity contribution in [2.75, 3.05) is 4.90 Å². The van der Waals surface area contributed by atoms with E-state index in [1.54, 1.807) is 18.2 Å². The summed E-state index contributed by atoms with van der Waals surface area (Å²) in [5.74, 6) is -1.21. The van der Waals surface area contributed by atoms with E-state index in [0.717, 1.165) is 5.69 Å². The predicted molar refractivity (Wildman–Crippen MR) is 94.5 cm³/mol. The molecular weight excluding hydrogens is 332 g/mol. The van der Waals surface area contributed by atoms with Crippen molar-refractivity contribution in [2.24, 2.45) is 7.05 Å². The molecule has 7 heteroatoms. The van der Waals surface area contributed by atoms with E-state index in [9.17, 15) is 9.59 Å². The molecule has 3 rings (SSSR count). The van der Waals surface area contributed by atoms with Crippen molar-refractivity contribution in [3.63, 3.8) is 0 Å². The molecule has 2 heterocycles. The molecule has 1 aliphatic heterocycles. The topological polar surface area (TPSA) is 62.5 Å². The van der Waals surface area contributed by atoms with E-state index in [1.807, 2.05) is 29.9 Å². The SMILES string of the molecule is Cn1cccc1C=C1SC(=S)N(c2ccc(C(=O)O)cc2)C1=O. The number of hydrogen-bond acceptors (Lipinski definition) is 4. The second kappa shape index (κ2) is 6.02. The molecule has 1 aliphatic rings. The Hall–Kier alpha value is -2.38. The number of thioether (sulfide) groups is 1. The molecule has 23 heavy (non-hydrogen) atoms. The standard InChI is InChI=1S/C16H12N2O3S2/c1-17-8-2-3-12(17)9-13-14(19)18(16(22)23-13)11-6-4-10(5-7-11)15(20)21/h2-9H,1H3,(H,20,21). The summed E-state index contributed by atoms with van der Waals surface area (Å²) >= 11 is 6.53. The van der Waals surface area contributed by atoms with Gasteiger partial charge in [0.05, 0.1) is 16.2 Å². The number of hydrogen-bond donors (Lipinski definition) is 1. The lowest BCUT2D eigenvalue weighted by molar-refractivity contribution is -0.113. The van der Waals surface area contributed by atoms with Crippen molar-refractivity contribution in [1.29, 1.82) is 0 Å². The second-order valence-corrected chi connectivity index (χ2v) is 6.59. The fourth-order valence-electron chi connectivity index (χ4n) is 2.20. The highest BCUT2D eigenvalue weighted by Crippen LogP contribution is 2.36. The summed E-state index contributed by atoms with van der Waals surface area (Å²) in [4.78, 5) is 25.5. The zero-order valence-electron chi connectivity index (χ0n) is 12.1. The van der Waals surface area contributed by atoms with Crippen molar-refractivity contribution in [1.82, 2.24) is 4.57 Å². The minimum atomic E-state index is -1.01. The summed E-state index contributed by atoms with van der Waals surface area (Å²) in [6.07, 6.45) is 3.70. The van der Waals surface area contributed by atoms with E-state index in [1.165, 1.54) is 28.8 Å². The third-order valence-electron chi connectivity index (χ3n) is 3.43. The van der Waals surface area contributed by atoms with Crippen LogP contribution >= 0.6 is 24.0 Å². The van der Waals surface area contributed by atoms with Crippen LogP contribution in [-0.4, -0.2) is 25.9 Å². The molecule has 2 aromatic rings. The largest absolute Gasteiger partial charge is 0.478 e. The van der Waals surface area contributed by atoms with E-state index >= 15 is 0 Å². The van der Waals surface area contributed by atoms with Gasteiger partial charge >= 0.3 is 5.97 Å². The first-order valence-corrected chi connectivity index (χ1v) is 7.92. The molecule has 0 radical (unpaired) electrons. The number of aromatic carboxylic acids is 1. The van der Waals surface area contributed by atoms with E-state index in [-0.39, 0.29) is 11.5 Å². The Morgan fingerprint density at radius 1 is 1.26 bits per heavy atom. The van der Waals surface area contributed by atoms with Crippen molar-refractivity contribution in [3.05, 3.63) is 58.8 Å². The van der Waals surface area contributed by atoms with Crippen molar-refractivity contribution < 1.29 is 14.7 Å². The molecule has 1 N–H and O–H groups in total. The average Bonchev–Trinajstić information content (AvgIpc) is 3.04. The molecule has 1 aromatic carbocycles. The van der Waals surface area contributed by atoms with Crippen LogP contribution in [0.15, 0.2) is 47.5 Å². The number of benzene rings is 1. The maximum Gasteiger partial charge on any atom is 0.335 e. The monoisotopic (exact) mass is 344 g/mol. The van der Waals surface area contributed by atoms with Gasteiger partial charge in [0.25, 0.3) is 5.91 Å². The quantitative estimate of drug-likeness (QED) is 0.685. The zero-order valence-corrected chi connectivity index (χ0v) is 13.7. The van der Waals surface area contributed by atoms with Crippen LogP contribution in [0, 0.1) is 0 Å². The molecule has 1 saturated heterocycles. The highest BCUT2D eigenvalue weighted by Gasteiger charge is 2.33. The van der Waals surface area contributed by atoms with Crippen molar-refractivity contribution >= 4 is 51.9 Å². The lowest BCUT2D eigenvalue weighted by atomic mass is 10.2. The highest BCUT2D eigenvalue weighted by molar-refractivity contribution is 8.27. The average molecular weight is 344 g/mol. The lowest BCUT2D eigenvalue weighted by Crippen LogP contribution is -2.27. The highest BCUT2D eigenvalue weighted by atomic mass is 32.2. The number of carbonyl (C=O) groups excluding carboxylic acids is 1. The molecule has 0 unspecified atom stereocenters. The molecule has 1 amide bonds. The van der Waals surface area contributed by atoms with Crippen LogP contribution in [0.4, 0.5) is 5.69 Å². The normalized spacial score (nSPS) is 16.4. The van der Waals surface area contributed by atoms with Gasteiger partial charge < -0.3 is 9.67 Å². The minimum Gasteiger partial charge on any atom is -0.478 e. The van der Waals surface area contributed by atoms with Gasteiger partial charge in [-0.1, -0.05) is 24.0 Å². The number of aromatic nitrogens is 1. The number of nitrogens with zero attached hydrogens (tertiary/aromatic N) is 2. The number of thiocarbonyl (C=S) groups is 1. The summed E-state index contributed by atoms with van der Waals surface area (Å²) < 4.78 is 2.34. The molecule has 0 aliphatic carbocycles. The van der Waals surface area contributed by atoms with E-state index in [4.69, 9.17) is 17.3 Å². The molecule has 1 aromatic heterocycles. The number of carboxylic acids is 1. The fraction of sp³-hybridized carbons (Fsp3) is 0.0625. The number of carboxylic acid groups (broad SMARTS) is 1. The predicted octanol–water partition coefficient (Wildman–Crippen LogP) is 3.13. The van der Waals surface area contributed by atoms with Gasteiger partial charge in [0.2, 0.25) is 0 Å². The Bertz CT molecular complexity index is 837. The van der Waals surface area contributed by atoms with Gasteiger partial charge in [0.15, 0.2) is 4.32 Å². The third kappa shape index (κ3) is 2.93. The summed E-state index contributed by atoms with van der Waals surface area (Å²) in [7, 11) is 1.90. The smallest absolute Gasteiger partial charge is 0.335 e. The number of aryl methyl sites for hydroxylation is 1. The minimum absolute atomic E-state index is 0.165. The molecule has 0 bridgehead atoms. The number of amides is 1. The molecule has 5 nitrogen and oxygen atoms in total. The van der Waals surface area contributed by atoms with Crippen LogP contribution in [0.1, 0.15) is 16.1 Å². The summed E-state index contributed by atoms with van der Waals surface area (Å²) in [6.45, 7) is 0. The van der Waals surface area contributed by atoms with Gasteiger partial charge in [-0.2, -0.15) is 0 Å². The molecule has 0 atom stereocenters. The van der Waals surface area contributed by atoms with Gasteiger partial charge in [-0.25, -0.2) is 4.79 Å². The maximum atomic E-state index is 12.6. The number of rotatable bonds is 3. The van der Waals surface area contributed by atoms with Gasteiger partial charge in [-0.15, -0.1) is 0 Å². The van der Waals surface area contributed by atoms with Crippen molar-refractivity contribution in [3.8, 4) is 0 Å². The molecule has 1 fully saturated rings. The summed E-state index contributed by atoms with van der Waals surface area (Å²) in [5.41, 5.74) is 1.64. The first-order chi connectivity index (χ1) is 11.0. The second-order valence-electron chi connectivity index (χ2n) is 4.91. The van der Waals surface area contributed by atoms with Crippen LogP contribution in [0.2, 0.25) is 0 Å². The number of anilines is 1. The maximum absolute atomic E-state index is 12.6. The van der Waals surface area contributed by atoms with Crippen LogP contribution < -0.4 is 4.90 Å². The van der Waals surface area contributed by atoms with Gasteiger partial charge in [0, 0.05) is 18.9 Å². The first-order valence-electron chi connectivity index (χ1n) is 6.70. The van der Waals surface area contributed by atoms with Crippen LogP contribution in [0.5, 0.6) is 0 Å². The zero-order chi connectivity index (χ0) is 16.6. The summed E-state index contributed by atoms with van der Waals surface area (Å²) in [5, 5.41) is 8.93. The number of carbonyl (C=O) groups is 2. The first kappa shape index (κ1) is 15.5. The molecule has 0 saturated carbocycles. The Balaban J connectivity index is 1.91. The molecule has 116 valence electrons. The van der Waals surface area contributed by atoms with Gasteiger partial charge in [-0.05, 0) is 42.5 Å². The van der Waals surface area contributed by atoms with E-state index in [0.29, 0.717) is 14.9 Å². The van der Waals surface area contributed by atoms with E-state index in [2.05, 4.69) is 0 Å². The van der Waals surface area contributed by atoms with Crippen LogP contribution in [0.25, 0.3) is 6.08 Å². The molecule has 0 spiro atoms. The van der Waals surface area contributed by atoms with Crippen LogP contribution in [0.3, 0.4) is 0 Å². The van der Waals surface area contributed by atoms with Crippen LogP contribution in [-0.2, 0) is 11.8 Å². The lowest BCUT2D eigenvalue weighted by Gasteiger charge is -2.14. The fourth-order valence-corrected chi connectivity index (χ4v) is 3.49. The van der Waals surface area contributed by atoms with Gasteiger partial charge in [0.1, 0.15) is 0 Å². The Morgan fingerprint density at radius 3 is 2.52 bits per heavy atom. The van der Waals surface area contributed by atoms with Crippen molar-refractivity contribution in [2.45, 2.75) is 0 Å². The molecular formula is C16H12N2O3S2.